The maximum absolute atomic E-state index is 12.4. The van der Waals surface area contributed by atoms with Gasteiger partial charge in [0.25, 0.3) is 11.6 Å². The molecule has 3 rings (SSSR count). The number of benzene rings is 1. The number of rotatable bonds is 5. The molecule has 1 N–H and O–H groups in total. The Kier molecular flexibility index (Phi) is 4.43. The predicted molar refractivity (Wildman–Crippen MR) is 89.9 cm³/mol. The zero-order chi connectivity index (χ0) is 16.3. The number of amides is 1. The number of carbonyl (C=O) groups is 1. The maximum atomic E-state index is 12.4. The monoisotopic (exact) mass is 330 g/mol. The van der Waals surface area contributed by atoms with Crippen LogP contribution in [0.2, 0.25) is 0 Å². The minimum Gasteiger partial charge on any atom is -0.351 e. The lowest BCUT2D eigenvalue weighted by molar-refractivity contribution is -0.384. The minimum atomic E-state index is -0.486. The second-order valence-corrected chi connectivity index (χ2v) is 6.77. The van der Waals surface area contributed by atoms with Crippen LogP contribution in [0.25, 0.3) is 0 Å². The third-order valence-corrected chi connectivity index (χ3v) is 5.28. The molecule has 0 unspecified atom stereocenters. The molecular formula is C17H18N2O3S. The normalized spacial score (nSPS) is 16.2. The molecule has 0 radical (unpaired) electrons. The second-order valence-electron chi connectivity index (χ2n) is 5.99. The molecule has 0 atom stereocenters. The summed E-state index contributed by atoms with van der Waals surface area (Å²) in [5, 5.41) is 18.0. The van der Waals surface area contributed by atoms with Crippen molar-refractivity contribution in [2.24, 2.45) is 0 Å². The van der Waals surface area contributed by atoms with E-state index in [0.29, 0.717) is 12.1 Å². The van der Waals surface area contributed by atoms with Crippen LogP contribution >= 0.6 is 11.3 Å². The number of hydrogen-bond acceptors (Lipinski definition) is 4. The molecule has 6 heteroatoms. The number of non-ortho nitro benzene ring substituents is 1. The van der Waals surface area contributed by atoms with Crippen LogP contribution in [-0.2, 0) is 5.41 Å². The topological polar surface area (TPSA) is 72.2 Å². The number of hydrogen-bond donors (Lipinski definition) is 1. The van der Waals surface area contributed by atoms with Gasteiger partial charge in [-0.25, -0.2) is 0 Å². The summed E-state index contributed by atoms with van der Waals surface area (Å²) in [5.41, 5.74) is 1.57. The molecule has 23 heavy (non-hydrogen) atoms. The van der Waals surface area contributed by atoms with E-state index < -0.39 is 4.92 Å². The summed E-state index contributed by atoms with van der Waals surface area (Å²) in [7, 11) is 0. The number of nitro groups is 1. The third kappa shape index (κ3) is 3.27. The van der Waals surface area contributed by atoms with Gasteiger partial charge in [0.05, 0.1) is 4.92 Å². The van der Waals surface area contributed by atoms with E-state index in [-0.39, 0.29) is 17.0 Å². The fourth-order valence-corrected chi connectivity index (χ4v) is 4.08. The first kappa shape index (κ1) is 15.7. The van der Waals surface area contributed by atoms with Crippen LogP contribution in [0.15, 0.2) is 41.1 Å². The van der Waals surface area contributed by atoms with Crippen LogP contribution in [0.5, 0.6) is 0 Å². The number of carbonyl (C=O) groups excluding carboxylic acids is 1. The molecule has 1 aromatic heterocycles. The number of nitro benzene ring substituents is 1. The quantitative estimate of drug-likeness (QED) is 0.667. The molecule has 1 heterocycles. The van der Waals surface area contributed by atoms with Gasteiger partial charge < -0.3 is 5.32 Å². The van der Waals surface area contributed by atoms with Gasteiger partial charge in [0, 0.05) is 29.7 Å². The average molecular weight is 330 g/mol. The van der Waals surface area contributed by atoms with Crippen molar-refractivity contribution < 1.29 is 9.72 Å². The molecule has 0 aliphatic heterocycles. The van der Waals surface area contributed by atoms with Crippen molar-refractivity contribution in [3.63, 3.8) is 0 Å². The van der Waals surface area contributed by atoms with Crippen LogP contribution in [0.3, 0.4) is 0 Å². The lowest BCUT2D eigenvalue weighted by Gasteiger charge is -2.28. The Labute approximate surface area is 138 Å². The van der Waals surface area contributed by atoms with Crippen molar-refractivity contribution >= 4 is 22.9 Å². The van der Waals surface area contributed by atoms with E-state index >= 15 is 0 Å². The van der Waals surface area contributed by atoms with E-state index in [2.05, 4.69) is 22.1 Å². The van der Waals surface area contributed by atoms with E-state index in [0.717, 1.165) is 12.8 Å². The van der Waals surface area contributed by atoms with E-state index in [1.807, 2.05) is 0 Å². The number of thiophene rings is 1. The molecule has 1 amide bonds. The summed E-state index contributed by atoms with van der Waals surface area (Å²) in [5.74, 6) is -0.254. The molecule has 1 saturated carbocycles. The van der Waals surface area contributed by atoms with Crippen molar-refractivity contribution in [2.45, 2.75) is 31.1 Å². The standard InChI is InChI=1S/C17H18N2O3S/c20-16(13-4-3-5-15(10-13)19(21)22)18-12-17(7-1-2-8-17)14-6-9-23-11-14/h3-6,9-11H,1-2,7-8,12H2,(H,18,20). The van der Waals surface area contributed by atoms with Crippen molar-refractivity contribution in [3.05, 3.63) is 62.3 Å². The van der Waals surface area contributed by atoms with E-state index in [1.54, 1.807) is 17.4 Å². The Bertz CT molecular complexity index is 706. The summed E-state index contributed by atoms with van der Waals surface area (Å²) < 4.78 is 0. The molecular weight excluding hydrogens is 312 g/mol. The van der Waals surface area contributed by atoms with Gasteiger partial charge in [-0.05, 0) is 41.3 Å². The molecule has 1 aromatic carbocycles. The molecule has 1 fully saturated rings. The van der Waals surface area contributed by atoms with Gasteiger partial charge in [-0.15, -0.1) is 0 Å². The van der Waals surface area contributed by atoms with Crippen LogP contribution < -0.4 is 5.32 Å². The summed E-state index contributed by atoms with van der Waals surface area (Å²) in [6, 6.07) is 7.99. The second kappa shape index (κ2) is 6.50. The van der Waals surface area contributed by atoms with Crippen molar-refractivity contribution in [1.82, 2.24) is 5.32 Å². The van der Waals surface area contributed by atoms with Crippen LogP contribution in [0.4, 0.5) is 5.69 Å². The summed E-state index contributed by atoms with van der Waals surface area (Å²) in [6.45, 7) is 0.575. The highest BCUT2D eigenvalue weighted by molar-refractivity contribution is 7.08. The Morgan fingerprint density at radius 1 is 1.30 bits per heavy atom. The lowest BCUT2D eigenvalue weighted by atomic mass is 9.80. The van der Waals surface area contributed by atoms with Crippen LogP contribution in [-0.4, -0.2) is 17.4 Å². The Balaban J connectivity index is 1.73. The SMILES string of the molecule is O=C(NCC1(c2ccsc2)CCCC1)c1cccc([N+](=O)[O-])c1. The Morgan fingerprint density at radius 2 is 2.09 bits per heavy atom. The van der Waals surface area contributed by atoms with Gasteiger partial charge in [0.2, 0.25) is 0 Å². The van der Waals surface area contributed by atoms with Crippen molar-refractivity contribution in [1.29, 1.82) is 0 Å². The molecule has 1 aliphatic rings. The van der Waals surface area contributed by atoms with Gasteiger partial charge in [0.15, 0.2) is 0 Å². The molecule has 1 aliphatic carbocycles. The zero-order valence-electron chi connectivity index (χ0n) is 12.7. The smallest absolute Gasteiger partial charge is 0.270 e. The zero-order valence-corrected chi connectivity index (χ0v) is 13.5. The first-order valence-electron chi connectivity index (χ1n) is 7.66. The summed E-state index contributed by atoms with van der Waals surface area (Å²) in [6.07, 6.45) is 4.48. The van der Waals surface area contributed by atoms with Crippen molar-refractivity contribution in [3.8, 4) is 0 Å². The number of nitrogens with one attached hydrogen (secondary N) is 1. The van der Waals surface area contributed by atoms with Gasteiger partial charge in [-0.3, -0.25) is 14.9 Å². The molecule has 0 bridgehead atoms. The van der Waals surface area contributed by atoms with Gasteiger partial charge in [-0.2, -0.15) is 11.3 Å². The molecule has 5 nitrogen and oxygen atoms in total. The lowest BCUT2D eigenvalue weighted by Crippen LogP contribution is -2.38. The molecule has 0 spiro atoms. The highest BCUT2D eigenvalue weighted by Crippen LogP contribution is 2.41. The van der Waals surface area contributed by atoms with E-state index in [9.17, 15) is 14.9 Å². The first-order valence-corrected chi connectivity index (χ1v) is 8.60. The maximum Gasteiger partial charge on any atom is 0.270 e. The average Bonchev–Trinajstić information content (AvgIpc) is 3.24. The highest BCUT2D eigenvalue weighted by Gasteiger charge is 2.36. The van der Waals surface area contributed by atoms with Crippen molar-refractivity contribution in [2.75, 3.05) is 6.54 Å². The highest BCUT2D eigenvalue weighted by atomic mass is 32.1. The number of nitrogens with zero attached hydrogens (tertiary/aromatic N) is 1. The Morgan fingerprint density at radius 3 is 2.74 bits per heavy atom. The van der Waals surface area contributed by atoms with E-state index in [4.69, 9.17) is 0 Å². The van der Waals surface area contributed by atoms with Gasteiger partial charge >= 0.3 is 0 Å². The summed E-state index contributed by atoms with van der Waals surface area (Å²) in [4.78, 5) is 22.7. The first-order chi connectivity index (χ1) is 11.1. The van der Waals surface area contributed by atoms with E-state index in [1.165, 1.54) is 36.6 Å². The van der Waals surface area contributed by atoms with Crippen LogP contribution in [0.1, 0.15) is 41.6 Å². The molecule has 0 saturated heterocycles. The third-order valence-electron chi connectivity index (χ3n) is 4.60. The molecule has 120 valence electrons. The van der Waals surface area contributed by atoms with Gasteiger partial charge in [0.1, 0.15) is 0 Å². The fraction of sp³-hybridized carbons (Fsp3) is 0.353. The Hall–Kier alpha value is -2.21. The molecule has 2 aromatic rings. The minimum absolute atomic E-state index is 0.0103. The largest absolute Gasteiger partial charge is 0.351 e. The van der Waals surface area contributed by atoms with Gasteiger partial charge in [-0.1, -0.05) is 18.9 Å². The summed E-state index contributed by atoms with van der Waals surface area (Å²) >= 11 is 1.67. The predicted octanol–water partition coefficient (Wildman–Crippen LogP) is 3.90. The fourth-order valence-electron chi connectivity index (χ4n) is 3.30. The van der Waals surface area contributed by atoms with Crippen LogP contribution in [0, 0.1) is 10.1 Å².